The van der Waals surface area contributed by atoms with Crippen LogP contribution >= 0.6 is 11.8 Å². The number of benzene rings is 1. The Labute approximate surface area is 108 Å². The molecule has 0 aliphatic carbocycles. The molecule has 1 unspecified atom stereocenters. The van der Waals surface area contributed by atoms with Gasteiger partial charge in [-0.25, -0.2) is 4.39 Å². The maximum Gasteiger partial charge on any atom is 0.123 e. The maximum absolute atomic E-state index is 13.0. The number of rotatable bonds is 6. The molecule has 0 saturated carbocycles. The Balaban J connectivity index is 2.66. The van der Waals surface area contributed by atoms with E-state index >= 15 is 0 Å². The lowest BCUT2D eigenvalue weighted by Crippen LogP contribution is -2.20. The summed E-state index contributed by atoms with van der Waals surface area (Å²) < 4.78 is 13.0. The lowest BCUT2D eigenvalue weighted by molar-refractivity contribution is 0.617. The third kappa shape index (κ3) is 4.68. The van der Waals surface area contributed by atoms with Gasteiger partial charge in [-0.15, -0.1) is 0 Å². The van der Waals surface area contributed by atoms with Crippen molar-refractivity contribution in [2.45, 2.75) is 26.8 Å². The van der Waals surface area contributed by atoms with E-state index in [1.807, 2.05) is 31.8 Å². The van der Waals surface area contributed by atoms with Crippen molar-refractivity contribution in [1.82, 2.24) is 5.32 Å². The first kappa shape index (κ1) is 14.5. The minimum Gasteiger partial charge on any atom is -0.312 e. The van der Waals surface area contributed by atoms with Crippen LogP contribution in [0.2, 0.25) is 0 Å². The average molecular weight is 255 g/mol. The smallest absolute Gasteiger partial charge is 0.123 e. The van der Waals surface area contributed by atoms with Crippen LogP contribution in [0.15, 0.2) is 18.2 Å². The molecule has 0 aliphatic rings. The summed E-state index contributed by atoms with van der Waals surface area (Å²) in [7, 11) is 1.96. The van der Waals surface area contributed by atoms with Crippen LogP contribution in [-0.4, -0.2) is 18.6 Å². The molecule has 1 N–H and O–H groups in total. The molecule has 0 fully saturated rings. The van der Waals surface area contributed by atoms with Gasteiger partial charge in [0.05, 0.1) is 0 Å². The van der Waals surface area contributed by atoms with E-state index in [0.717, 1.165) is 11.3 Å². The van der Waals surface area contributed by atoms with Gasteiger partial charge in [0.2, 0.25) is 0 Å². The Bertz CT molecular complexity index is 352. The minimum atomic E-state index is -0.157. The fourth-order valence-electron chi connectivity index (χ4n) is 1.78. The van der Waals surface area contributed by atoms with E-state index in [1.165, 1.54) is 11.3 Å². The van der Waals surface area contributed by atoms with Crippen molar-refractivity contribution < 1.29 is 4.39 Å². The third-order valence-electron chi connectivity index (χ3n) is 2.69. The lowest BCUT2D eigenvalue weighted by atomic mass is 10.0. The highest BCUT2D eigenvalue weighted by atomic mass is 32.2. The van der Waals surface area contributed by atoms with Gasteiger partial charge in [0.15, 0.2) is 0 Å². The molecule has 96 valence electrons. The zero-order valence-electron chi connectivity index (χ0n) is 11.1. The van der Waals surface area contributed by atoms with Gasteiger partial charge in [-0.2, -0.15) is 11.8 Å². The van der Waals surface area contributed by atoms with Gasteiger partial charge in [-0.3, -0.25) is 0 Å². The molecule has 0 saturated heterocycles. The fraction of sp³-hybridized carbons (Fsp3) is 0.571. The van der Waals surface area contributed by atoms with Crippen LogP contribution in [0.5, 0.6) is 0 Å². The van der Waals surface area contributed by atoms with Crippen LogP contribution in [0.3, 0.4) is 0 Å². The third-order valence-corrected chi connectivity index (χ3v) is 4.16. The van der Waals surface area contributed by atoms with Crippen molar-refractivity contribution >= 4 is 11.8 Å². The zero-order valence-corrected chi connectivity index (χ0v) is 11.9. The number of nitrogens with one attached hydrogen (secondary N) is 1. The molecule has 3 heteroatoms. The van der Waals surface area contributed by atoms with E-state index in [4.69, 9.17) is 0 Å². The van der Waals surface area contributed by atoms with E-state index in [-0.39, 0.29) is 5.82 Å². The second-order valence-electron chi connectivity index (χ2n) is 4.77. The highest BCUT2D eigenvalue weighted by molar-refractivity contribution is 7.99. The first-order valence-electron chi connectivity index (χ1n) is 6.05. The molecule has 1 nitrogen and oxygen atoms in total. The first-order valence-corrected chi connectivity index (χ1v) is 7.21. The monoisotopic (exact) mass is 255 g/mol. The molecule has 0 aromatic heterocycles. The van der Waals surface area contributed by atoms with Gasteiger partial charge >= 0.3 is 0 Å². The molecule has 0 radical (unpaired) electrons. The summed E-state index contributed by atoms with van der Waals surface area (Å²) in [6.07, 6.45) is 0. The van der Waals surface area contributed by atoms with E-state index in [1.54, 1.807) is 12.1 Å². The van der Waals surface area contributed by atoms with Crippen LogP contribution in [0.1, 0.15) is 31.0 Å². The molecule has 1 aromatic rings. The summed E-state index contributed by atoms with van der Waals surface area (Å²) >= 11 is 1.95. The molecule has 0 heterocycles. The predicted octanol–water partition coefficient (Wildman–Crippen LogP) is 3.78. The summed E-state index contributed by atoms with van der Waals surface area (Å²) in [6, 6.07) is 5.34. The summed E-state index contributed by atoms with van der Waals surface area (Å²) in [4.78, 5) is 0. The Morgan fingerprint density at radius 3 is 2.53 bits per heavy atom. The van der Waals surface area contributed by atoms with Crippen molar-refractivity contribution in [3.05, 3.63) is 35.1 Å². The van der Waals surface area contributed by atoms with E-state index in [2.05, 4.69) is 19.2 Å². The molecule has 0 aliphatic heterocycles. The maximum atomic E-state index is 13.0. The van der Waals surface area contributed by atoms with Gasteiger partial charge in [0, 0.05) is 11.8 Å². The first-order chi connectivity index (χ1) is 8.04. The van der Waals surface area contributed by atoms with Crippen molar-refractivity contribution in [2.75, 3.05) is 18.6 Å². The molecule has 0 spiro atoms. The summed E-state index contributed by atoms with van der Waals surface area (Å²) in [5, 5.41) is 3.31. The zero-order chi connectivity index (χ0) is 12.8. The Hall–Kier alpha value is -0.540. The topological polar surface area (TPSA) is 12.0 Å². The van der Waals surface area contributed by atoms with E-state index in [0.29, 0.717) is 12.0 Å². The van der Waals surface area contributed by atoms with Gasteiger partial charge in [0.25, 0.3) is 0 Å². The second-order valence-corrected chi connectivity index (χ2v) is 5.85. The van der Waals surface area contributed by atoms with E-state index < -0.39 is 0 Å². The summed E-state index contributed by atoms with van der Waals surface area (Å²) in [6.45, 7) is 6.42. The van der Waals surface area contributed by atoms with Crippen LogP contribution in [-0.2, 0) is 0 Å². The lowest BCUT2D eigenvalue weighted by Gasteiger charge is -2.19. The normalized spacial score (nSPS) is 13.1. The van der Waals surface area contributed by atoms with Crippen LogP contribution in [0.4, 0.5) is 4.39 Å². The fourth-order valence-corrected chi connectivity index (χ4v) is 2.97. The number of thioether (sulfide) groups is 1. The summed E-state index contributed by atoms with van der Waals surface area (Å²) in [5.74, 6) is 2.75. The van der Waals surface area contributed by atoms with Gasteiger partial charge < -0.3 is 5.32 Å². The van der Waals surface area contributed by atoms with Gasteiger partial charge in [-0.1, -0.05) is 19.9 Å². The van der Waals surface area contributed by atoms with Crippen molar-refractivity contribution in [2.24, 2.45) is 5.92 Å². The molecule has 1 rings (SSSR count). The van der Waals surface area contributed by atoms with Gasteiger partial charge in [0.1, 0.15) is 5.82 Å². The van der Waals surface area contributed by atoms with Crippen LogP contribution in [0, 0.1) is 18.7 Å². The highest BCUT2D eigenvalue weighted by Crippen LogP contribution is 2.23. The minimum absolute atomic E-state index is 0.157. The predicted molar refractivity (Wildman–Crippen MR) is 75.1 cm³/mol. The van der Waals surface area contributed by atoms with Gasteiger partial charge in [-0.05, 0) is 48.9 Å². The SMILES string of the molecule is CNC(CSCC(C)C)c1ccc(F)cc1C. The number of halogens is 1. The molecule has 0 bridgehead atoms. The summed E-state index contributed by atoms with van der Waals surface area (Å²) in [5.41, 5.74) is 2.22. The number of aryl methyl sites for hydroxylation is 1. The highest BCUT2D eigenvalue weighted by Gasteiger charge is 2.12. The van der Waals surface area contributed by atoms with Crippen molar-refractivity contribution in [3.63, 3.8) is 0 Å². The number of hydrogen-bond acceptors (Lipinski definition) is 2. The standard InChI is InChI=1S/C14H22FNS/c1-10(2)8-17-9-14(16-4)13-6-5-12(15)7-11(13)3/h5-7,10,14,16H,8-9H2,1-4H3. The Kier molecular flexibility index (Phi) is 6.00. The largest absolute Gasteiger partial charge is 0.312 e. The Morgan fingerprint density at radius 2 is 2.00 bits per heavy atom. The van der Waals surface area contributed by atoms with Crippen LogP contribution in [0.25, 0.3) is 0 Å². The van der Waals surface area contributed by atoms with Crippen LogP contribution < -0.4 is 5.32 Å². The number of hydrogen-bond donors (Lipinski definition) is 1. The molecular formula is C14H22FNS. The quantitative estimate of drug-likeness (QED) is 0.830. The Morgan fingerprint density at radius 1 is 1.29 bits per heavy atom. The second kappa shape index (κ2) is 7.02. The molecular weight excluding hydrogens is 233 g/mol. The average Bonchev–Trinajstić information content (AvgIpc) is 2.25. The molecule has 1 aromatic carbocycles. The molecule has 17 heavy (non-hydrogen) atoms. The van der Waals surface area contributed by atoms with Crippen molar-refractivity contribution in [3.8, 4) is 0 Å². The molecule has 1 atom stereocenters. The van der Waals surface area contributed by atoms with E-state index in [9.17, 15) is 4.39 Å². The van der Waals surface area contributed by atoms with Crippen molar-refractivity contribution in [1.29, 1.82) is 0 Å². The molecule has 0 amide bonds.